The van der Waals surface area contributed by atoms with E-state index in [1.54, 1.807) is 6.07 Å². The van der Waals surface area contributed by atoms with Crippen molar-refractivity contribution in [2.75, 3.05) is 5.32 Å². The van der Waals surface area contributed by atoms with Crippen LogP contribution in [0, 0.1) is 0 Å². The third kappa shape index (κ3) is 1.59. The molecule has 0 saturated carbocycles. The predicted octanol–water partition coefficient (Wildman–Crippen LogP) is 0.630. The van der Waals surface area contributed by atoms with Crippen LogP contribution in [0.25, 0.3) is 0 Å². The zero-order valence-corrected chi connectivity index (χ0v) is 8.77. The van der Waals surface area contributed by atoms with E-state index in [1.165, 1.54) is 4.81 Å². The number of fused-ring (bicyclic) bond motifs is 1. The number of hydrogen-bond acceptors (Lipinski definition) is 2. The fourth-order valence-electron chi connectivity index (χ4n) is 1.79. The smallest absolute Gasteiger partial charge is 0.428 e. The van der Waals surface area contributed by atoms with E-state index in [-0.39, 0.29) is 12.1 Å². The van der Waals surface area contributed by atoms with Gasteiger partial charge < -0.3 is 15.2 Å². The topological polar surface area (TPSA) is 52.6 Å². The molecule has 1 aliphatic heterocycles. The summed E-state index contributed by atoms with van der Waals surface area (Å²) in [6, 6.07) is 6.99. The highest BCUT2D eigenvalue weighted by Gasteiger charge is 2.36. The summed E-state index contributed by atoms with van der Waals surface area (Å²) in [4.78, 5) is 13.1. The molecule has 0 unspecified atom stereocenters. The fourth-order valence-corrected chi connectivity index (χ4v) is 1.79. The standard InChI is InChI=1S/C10H13BN2O2/c1-7(2)13-10(14)12-9-6-4-3-5-8(9)11(13)15/h3-7,15H,1-2H3,(H,12,14). The number of benzene rings is 1. The van der Waals surface area contributed by atoms with Crippen LogP contribution in [-0.4, -0.2) is 29.0 Å². The Labute approximate surface area is 89.0 Å². The van der Waals surface area contributed by atoms with Gasteiger partial charge in [0.25, 0.3) is 0 Å². The summed E-state index contributed by atoms with van der Waals surface area (Å²) >= 11 is 0. The molecule has 1 aromatic carbocycles. The maximum Gasteiger partial charge on any atom is 0.455 e. The molecular weight excluding hydrogens is 191 g/mol. The molecular formula is C10H13BN2O2. The van der Waals surface area contributed by atoms with Crippen molar-refractivity contribution in [2.45, 2.75) is 19.9 Å². The van der Waals surface area contributed by atoms with E-state index >= 15 is 0 Å². The molecule has 78 valence electrons. The van der Waals surface area contributed by atoms with E-state index in [4.69, 9.17) is 0 Å². The zero-order chi connectivity index (χ0) is 11.0. The predicted molar refractivity (Wildman–Crippen MR) is 60.0 cm³/mol. The van der Waals surface area contributed by atoms with E-state index < -0.39 is 7.05 Å². The Hall–Kier alpha value is -1.49. The molecule has 0 radical (unpaired) electrons. The largest absolute Gasteiger partial charge is 0.455 e. The second-order valence-corrected chi connectivity index (χ2v) is 3.89. The summed E-state index contributed by atoms with van der Waals surface area (Å²) in [5, 5.41) is 12.8. The van der Waals surface area contributed by atoms with E-state index in [2.05, 4.69) is 5.32 Å². The van der Waals surface area contributed by atoms with Crippen LogP contribution in [0.3, 0.4) is 0 Å². The van der Waals surface area contributed by atoms with Gasteiger partial charge in [-0.25, -0.2) is 4.79 Å². The van der Waals surface area contributed by atoms with Gasteiger partial charge in [-0.2, -0.15) is 0 Å². The third-order valence-electron chi connectivity index (χ3n) is 2.53. The van der Waals surface area contributed by atoms with E-state index in [9.17, 15) is 9.82 Å². The summed E-state index contributed by atoms with van der Waals surface area (Å²) in [7, 11) is -0.852. The van der Waals surface area contributed by atoms with Gasteiger partial charge in [0.2, 0.25) is 0 Å². The van der Waals surface area contributed by atoms with Crippen molar-refractivity contribution < 1.29 is 9.82 Å². The monoisotopic (exact) mass is 204 g/mol. The van der Waals surface area contributed by atoms with Gasteiger partial charge in [-0.05, 0) is 25.4 Å². The molecule has 1 aromatic rings. The zero-order valence-electron chi connectivity index (χ0n) is 8.77. The lowest BCUT2D eigenvalue weighted by molar-refractivity contribution is 0.222. The summed E-state index contributed by atoms with van der Waals surface area (Å²) in [6.45, 7) is 3.74. The first-order valence-electron chi connectivity index (χ1n) is 4.97. The fraction of sp³-hybridized carbons (Fsp3) is 0.300. The number of amides is 2. The Kier molecular flexibility index (Phi) is 2.40. The molecule has 2 amide bonds. The molecule has 0 aliphatic carbocycles. The highest BCUT2D eigenvalue weighted by molar-refractivity contribution is 6.69. The number of rotatable bonds is 1. The van der Waals surface area contributed by atoms with Gasteiger partial charge in [0.05, 0.1) is 0 Å². The van der Waals surface area contributed by atoms with Gasteiger partial charge in [-0.15, -0.1) is 0 Å². The molecule has 0 saturated heterocycles. The van der Waals surface area contributed by atoms with Crippen LogP contribution in [0.1, 0.15) is 13.8 Å². The lowest BCUT2D eigenvalue weighted by Gasteiger charge is -2.34. The highest BCUT2D eigenvalue weighted by Crippen LogP contribution is 2.15. The average molecular weight is 204 g/mol. The molecule has 1 aliphatic rings. The van der Waals surface area contributed by atoms with Crippen molar-refractivity contribution in [2.24, 2.45) is 0 Å². The Morgan fingerprint density at radius 1 is 1.40 bits per heavy atom. The summed E-state index contributed by atoms with van der Waals surface area (Å²) in [5.74, 6) is 0. The highest BCUT2D eigenvalue weighted by atomic mass is 16.2. The van der Waals surface area contributed by atoms with Gasteiger partial charge in [0.1, 0.15) is 0 Å². The van der Waals surface area contributed by atoms with Crippen LogP contribution < -0.4 is 10.8 Å². The van der Waals surface area contributed by atoms with Gasteiger partial charge >= 0.3 is 13.1 Å². The normalized spacial score (nSPS) is 15.3. The summed E-state index contributed by atoms with van der Waals surface area (Å²) < 4.78 is 0. The lowest BCUT2D eigenvalue weighted by Crippen LogP contribution is -2.60. The minimum absolute atomic E-state index is 0.0339. The van der Waals surface area contributed by atoms with Crippen molar-refractivity contribution in [3.63, 3.8) is 0 Å². The molecule has 5 heteroatoms. The molecule has 0 atom stereocenters. The molecule has 0 aromatic heterocycles. The van der Waals surface area contributed by atoms with Gasteiger partial charge in [0, 0.05) is 11.7 Å². The molecule has 0 spiro atoms. The SMILES string of the molecule is CC(C)N1B(O)c2ccccc2NC1=O. The number of nitrogens with one attached hydrogen (secondary N) is 1. The van der Waals surface area contributed by atoms with Crippen molar-refractivity contribution in [1.29, 1.82) is 0 Å². The quantitative estimate of drug-likeness (QED) is 0.659. The summed E-state index contributed by atoms with van der Waals surface area (Å²) in [6.07, 6.45) is 0. The average Bonchev–Trinajstić information content (AvgIpc) is 2.17. The molecule has 2 N–H and O–H groups in total. The Bertz CT molecular complexity index is 395. The van der Waals surface area contributed by atoms with Crippen molar-refractivity contribution in [1.82, 2.24) is 4.81 Å². The van der Waals surface area contributed by atoms with Gasteiger partial charge in [0.15, 0.2) is 0 Å². The third-order valence-corrected chi connectivity index (χ3v) is 2.53. The first kappa shape index (κ1) is 10.0. The van der Waals surface area contributed by atoms with E-state index in [0.29, 0.717) is 5.69 Å². The molecule has 2 rings (SSSR count). The van der Waals surface area contributed by atoms with Crippen molar-refractivity contribution >= 4 is 24.2 Å². The number of urea groups is 1. The molecule has 0 bridgehead atoms. The van der Waals surface area contributed by atoms with E-state index in [0.717, 1.165) is 5.46 Å². The molecule has 4 nitrogen and oxygen atoms in total. The second kappa shape index (κ2) is 3.58. The first-order valence-corrected chi connectivity index (χ1v) is 4.97. The van der Waals surface area contributed by atoms with Gasteiger partial charge in [-0.3, -0.25) is 0 Å². The van der Waals surface area contributed by atoms with Crippen LogP contribution in [-0.2, 0) is 0 Å². The second-order valence-electron chi connectivity index (χ2n) is 3.89. The van der Waals surface area contributed by atoms with Crippen molar-refractivity contribution in [3.05, 3.63) is 24.3 Å². The Balaban J connectivity index is 2.43. The number of carbonyl (C=O) groups excluding carboxylic acids is 1. The number of para-hydroxylation sites is 1. The molecule has 0 fully saturated rings. The summed E-state index contributed by atoms with van der Waals surface area (Å²) in [5.41, 5.74) is 1.43. The number of carbonyl (C=O) groups is 1. The minimum Gasteiger partial charge on any atom is -0.428 e. The maximum absolute atomic E-state index is 11.7. The van der Waals surface area contributed by atoms with Crippen LogP contribution in [0.4, 0.5) is 10.5 Å². The van der Waals surface area contributed by atoms with Crippen LogP contribution >= 0.6 is 0 Å². The van der Waals surface area contributed by atoms with Crippen LogP contribution in [0.2, 0.25) is 0 Å². The Morgan fingerprint density at radius 3 is 2.73 bits per heavy atom. The number of nitrogens with zero attached hydrogens (tertiary/aromatic N) is 1. The minimum atomic E-state index is -0.852. The van der Waals surface area contributed by atoms with E-state index in [1.807, 2.05) is 32.0 Å². The first-order chi connectivity index (χ1) is 7.11. The van der Waals surface area contributed by atoms with Gasteiger partial charge in [-0.1, -0.05) is 18.2 Å². The molecule has 15 heavy (non-hydrogen) atoms. The lowest BCUT2D eigenvalue weighted by atomic mass is 9.68. The number of anilines is 1. The molecule has 1 heterocycles. The Morgan fingerprint density at radius 2 is 2.07 bits per heavy atom. The number of hydrogen-bond donors (Lipinski definition) is 2. The maximum atomic E-state index is 11.7. The van der Waals surface area contributed by atoms with Crippen molar-refractivity contribution in [3.8, 4) is 0 Å². The van der Waals surface area contributed by atoms with Crippen LogP contribution in [0.15, 0.2) is 24.3 Å². The van der Waals surface area contributed by atoms with Crippen LogP contribution in [0.5, 0.6) is 0 Å².